The van der Waals surface area contributed by atoms with Crippen LogP contribution >= 0.6 is 0 Å². The third-order valence-corrected chi connectivity index (χ3v) is 3.88. The quantitative estimate of drug-likeness (QED) is 0.437. The maximum absolute atomic E-state index is 4.77. The molecular formula is C23H22N4. The van der Waals surface area contributed by atoms with Crippen molar-refractivity contribution < 1.29 is 0 Å². The van der Waals surface area contributed by atoms with Gasteiger partial charge in [-0.2, -0.15) is 0 Å². The fraction of sp³-hybridized carbons (Fsp3) is 0.0870. The summed E-state index contributed by atoms with van der Waals surface area (Å²) >= 11 is 0. The van der Waals surface area contributed by atoms with E-state index in [1.54, 1.807) is 18.3 Å². The van der Waals surface area contributed by atoms with Gasteiger partial charge in [0.1, 0.15) is 11.6 Å². The molecule has 0 aliphatic heterocycles. The fourth-order valence-corrected chi connectivity index (χ4v) is 2.65. The summed E-state index contributed by atoms with van der Waals surface area (Å²) in [6, 6.07) is 14.2. The van der Waals surface area contributed by atoms with Crippen molar-refractivity contribution in [2.45, 2.75) is 13.5 Å². The highest BCUT2D eigenvalue weighted by molar-refractivity contribution is 5.94. The monoisotopic (exact) mass is 354 g/mol. The average molecular weight is 354 g/mol. The van der Waals surface area contributed by atoms with Gasteiger partial charge in [0, 0.05) is 24.3 Å². The van der Waals surface area contributed by atoms with Crippen molar-refractivity contribution in [1.29, 1.82) is 0 Å². The number of hydrogen-bond donors (Lipinski definition) is 2. The van der Waals surface area contributed by atoms with E-state index in [-0.39, 0.29) is 0 Å². The van der Waals surface area contributed by atoms with Crippen LogP contribution in [-0.2, 0) is 6.54 Å². The summed E-state index contributed by atoms with van der Waals surface area (Å²) in [4.78, 5) is 8.92. The van der Waals surface area contributed by atoms with Crippen LogP contribution in [0.5, 0.6) is 0 Å². The zero-order valence-electron chi connectivity index (χ0n) is 15.3. The lowest BCUT2D eigenvalue weighted by molar-refractivity contribution is 1.09. The Bertz CT molecular complexity index is 1010. The van der Waals surface area contributed by atoms with Crippen molar-refractivity contribution in [3.8, 4) is 0 Å². The molecule has 1 aromatic carbocycles. The summed E-state index contributed by atoms with van der Waals surface area (Å²) in [7, 11) is 0. The van der Waals surface area contributed by atoms with E-state index < -0.39 is 0 Å². The number of aromatic nitrogens is 2. The lowest BCUT2D eigenvalue weighted by Gasteiger charge is -2.12. The number of allylic oxidation sites excluding steroid dienone is 3. The normalized spacial score (nSPS) is 10.4. The van der Waals surface area contributed by atoms with E-state index in [4.69, 9.17) is 4.98 Å². The Morgan fingerprint density at radius 2 is 2.11 bits per heavy atom. The topological polar surface area (TPSA) is 49.8 Å². The molecule has 0 atom stereocenters. The Hall–Kier alpha value is -3.62. The minimum Gasteiger partial charge on any atom is -0.366 e. The summed E-state index contributed by atoms with van der Waals surface area (Å²) in [6.07, 6.45) is 11.0. The first-order valence-corrected chi connectivity index (χ1v) is 8.80. The van der Waals surface area contributed by atoms with Gasteiger partial charge in [0.15, 0.2) is 0 Å². The predicted molar refractivity (Wildman–Crippen MR) is 114 cm³/mol. The molecule has 0 unspecified atom stereocenters. The fourth-order valence-electron chi connectivity index (χ4n) is 2.65. The largest absolute Gasteiger partial charge is 0.366 e. The number of benzene rings is 1. The molecular weight excluding hydrogens is 332 g/mol. The van der Waals surface area contributed by atoms with Gasteiger partial charge in [0.05, 0.1) is 5.70 Å². The molecule has 0 saturated heterocycles. The number of pyridine rings is 2. The number of nitrogens with zero attached hydrogens (tertiary/aromatic N) is 2. The summed E-state index contributed by atoms with van der Waals surface area (Å²) in [6.45, 7) is 6.33. The highest BCUT2D eigenvalue weighted by Crippen LogP contribution is 2.26. The molecule has 2 heterocycles. The van der Waals surface area contributed by atoms with E-state index in [0.717, 1.165) is 33.7 Å². The summed E-state index contributed by atoms with van der Waals surface area (Å²) in [5.74, 6) is 1.58. The Balaban J connectivity index is 1.95. The van der Waals surface area contributed by atoms with Crippen molar-refractivity contribution in [3.05, 3.63) is 103 Å². The molecule has 27 heavy (non-hydrogen) atoms. The van der Waals surface area contributed by atoms with Crippen LogP contribution in [0.3, 0.4) is 0 Å². The van der Waals surface area contributed by atoms with Crippen LogP contribution in [0.2, 0.25) is 0 Å². The van der Waals surface area contributed by atoms with E-state index in [0.29, 0.717) is 6.54 Å². The first-order chi connectivity index (χ1) is 13.3. The third kappa shape index (κ3) is 4.94. The van der Waals surface area contributed by atoms with Crippen molar-refractivity contribution in [1.82, 2.24) is 9.97 Å². The molecule has 3 aromatic rings. The lowest BCUT2D eigenvalue weighted by Crippen LogP contribution is -2.05. The average Bonchev–Trinajstić information content (AvgIpc) is 2.71. The second kappa shape index (κ2) is 9.18. The molecule has 0 bridgehead atoms. The van der Waals surface area contributed by atoms with Crippen molar-refractivity contribution in [3.63, 3.8) is 0 Å². The molecule has 0 aliphatic carbocycles. The highest BCUT2D eigenvalue weighted by atomic mass is 15.1. The van der Waals surface area contributed by atoms with Crippen LogP contribution in [0.4, 0.5) is 11.6 Å². The Labute approximate surface area is 159 Å². The Morgan fingerprint density at radius 1 is 1.22 bits per heavy atom. The van der Waals surface area contributed by atoms with Gasteiger partial charge in [0.25, 0.3) is 0 Å². The van der Waals surface area contributed by atoms with Crippen LogP contribution in [0.15, 0.2) is 97.2 Å². The third-order valence-electron chi connectivity index (χ3n) is 3.88. The number of nitrogens with one attached hydrogen (secondary N) is 2. The van der Waals surface area contributed by atoms with Crippen LogP contribution in [0, 0.1) is 0 Å². The second-order valence-electron chi connectivity index (χ2n) is 5.88. The van der Waals surface area contributed by atoms with Crippen LogP contribution in [0.1, 0.15) is 12.5 Å². The molecule has 0 amide bonds. The SMILES string of the molecule is C=CC=C=C(/C=C/C)Nc1nc(NCc2cccnc2)cc2ccccc12. The molecule has 0 radical (unpaired) electrons. The molecule has 0 spiro atoms. The van der Waals surface area contributed by atoms with Crippen LogP contribution in [-0.4, -0.2) is 9.97 Å². The maximum Gasteiger partial charge on any atom is 0.141 e. The molecule has 0 aliphatic rings. The Kier molecular flexibility index (Phi) is 6.18. The van der Waals surface area contributed by atoms with Crippen molar-refractivity contribution >= 4 is 22.4 Å². The number of anilines is 2. The Morgan fingerprint density at radius 3 is 2.89 bits per heavy atom. The van der Waals surface area contributed by atoms with Crippen LogP contribution < -0.4 is 10.6 Å². The summed E-state index contributed by atoms with van der Waals surface area (Å²) in [5.41, 5.74) is 5.09. The van der Waals surface area contributed by atoms with Crippen molar-refractivity contribution in [2.24, 2.45) is 0 Å². The number of fused-ring (bicyclic) bond motifs is 1. The molecule has 4 heteroatoms. The molecule has 2 aromatic heterocycles. The minimum absolute atomic E-state index is 0.659. The molecule has 4 nitrogen and oxygen atoms in total. The lowest BCUT2D eigenvalue weighted by atomic mass is 10.1. The minimum atomic E-state index is 0.659. The van der Waals surface area contributed by atoms with Gasteiger partial charge < -0.3 is 10.6 Å². The van der Waals surface area contributed by atoms with E-state index in [1.807, 2.05) is 49.5 Å². The molecule has 2 N–H and O–H groups in total. The summed E-state index contributed by atoms with van der Waals surface area (Å²) in [5, 5.41) is 8.91. The first-order valence-electron chi connectivity index (χ1n) is 8.80. The van der Waals surface area contributed by atoms with Gasteiger partial charge in [-0.15, -0.1) is 0 Å². The molecule has 3 rings (SSSR count). The number of rotatable bonds is 7. The standard InChI is InChI=1S/C23H22N4/c1-3-5-12-20(9-4-2)26-23-21-13-7-6-11-19(21)15-22(27-23)25-17-18-10-8-14-24-16-18/h3-11,13-16H,1,17H2,2H3,(H2,25,26,27)/b9-4+. The zero-order chi connectivity index (χ0) is 18.9. The van der Waals surface area contributed by atoms with E-state index >= 15 is 0 Å². The van der Waals surface area contributed by atoms with Gasteiger partial charge in [-0.1, -0.05) is 54.8 Å². The highest BCUT2D eigenvalue weighted by Gasteiger charge is 2.07. The first kappa shape index (κ1) is 18.2. The van der Waals surface area contributed by atoms with Gasteiger partial charge >= 0.3 is 0 Å². The predicted octanol–water partition coefficient (Wildman–Crippen LogP) is 5.45. The van der Waals surface area contributed by atoms with Crippen LogP contribution in [0.25, 0.3) is 10.8 Å². The number of hydrogen-bond acceptors (Lipinski definition) is 4. The van der Waals surface area contributed by atoms with E-state index in [1.165, 1.54) is 0 Å². The summed E-state index contributed by atoms with van der Waals surface area (Å²) < 4.78 is 0. The zero-order valence-corrected chi connectivity index (χ0v) is 15.3. The molecule has 0 fully saturated rings. The van der Waals surface area contributed by atoms with Gasteiger partial charge in [0.2, 0.25) is 0 Å². The van der Waals surface area contributed by atoms with Gasteiger partial charge in [-0.05, 0) is 42.2 Å². The van der Waals surface area contributed by atoms with E-state index in [9.17, 15) is 0 Å². The smallest absolute Gasteiger partial charge is 0.141 e. The molecule has 0 saturated carbocycles. The van der Waals surface area contributed by atoms with Crippen molar-refractivity contribution in [2.75, 3.05) is 10.6 Å². The van der Waals surface area contributed by atoms with Gasteiger partial charge in [-0.25, -0.2) is 4.98 Å². The van der Waals surface area contributed by atoms with Gasteiger partial charge in [-0.3, -0.25) is 4.98 Å². The maximum atomic E-state index is 4.77. The molecule has 134 valence electrons. The second-order valence-corrected chi connectivity index (χ2v) is 5.88. The van der Waals surface area contributed by atoms with E-state index in [2.05, 4.69) is 46.1 Å².